The van der Waals surface area contributed by atoms with Crippen molar-refractivity contribution in [1.82, 2.24) is 0 Å². The summed E-state index contributed by atoms with van der Waals surface area (Å²) in [4.78, 5) is 0. The fourth-order valence-electron chi connectivity index (χ4n) is 3.10. The average Bonchev–Trinajstić information content (AvgIpc) is 2.95. The minimum absolute atomic E-state index is 0.0297. The number of nitrogen functional groups attached to an aromatic ring is 1. The van der Waals surface area contributed by atoms with Crippen LogP contribution in [0.4, 0.5) is 5.88 Å². The number of furan rings is 1. The number of rotatable bonds is 3. The summed E-state index contributed by atoms with van der Waals surface area (Å²) in [6.45, 7) is 0. The van der Waals surface area contributed by atoms with Gasteiger partial charge in [-0.1, -0.05) is 54.6 Å². The fraction of sp³-hybridized carbons (Fsp3) is 0.0476. The number of methoxy groups -OCH3 is 1. The fourth-order valence-corrected chi connectivity index (χ4v) is 3.10. The van der Waals surface area contributed by atoms with Crippen molar-refractivity contribution < 1.29 is 14.3 Å². The van der Waals surface area contributed by atoms with Crippen LogP contribution in [0.3, 0.4) is 0 Å². The number of aromatic hydroxyl groups is 1. The largest absolute Gasteiger partial charge is 0.504 e. The highest BCUT2D eigenvalue weighted by Crippen LogP contribution is 2.46. The number of anilines is 1. The minimum atomic E-state index is 0.0297. The van der Waals surface area contributed by atoms with Gasteiger partial charge in [0.05, 0.1) is 12.7 Å². The molecule has 4 aromatic rings. The molecule has 3 N–H and O–H groups in total. The molecule has 1 heterocycles. The molecular weight excluding hydrogens is 314 g/mol. The molecule has 0 spiro atoms. The van der Waals surface area contributed by atoms with E-state index in [1.165, 1.54) is 0 Å². The van der Waals surface area contributed by atoms with Gasteiger partial charge in [-0.2, -0.15) is 0 Å². The van der Waals surface area contributed by atoms with Gasteiger partial charge in [-0.25, -0.2) is 0 Å². The standard InChI is InChI=1S/C21H17NO3/c1-24-15-9-4-8-14(12-15)18-19(23)20(25-21(18)22)17-11-5-7-13-6-2-3-10-16(13)17/h2-12,23H,22H2,1H3. The van der Waals surface area contributed by atoms with Gasteiger partial charge in [0.1, 0.15) is 5.75 Å². The summed E-state index contributed by atoms with van der Waals surface area (Å²) in [7, 11) is 1.60. The van der Waals surface area contributed by atoms with Gasteiger partial charge in [-0.3, -0.25) is 0 Å². The molecule has 0 amide bonds. The SMILES string of the molecule is COc1cccc(-c2c(N)oc(-c3cccc4ccccc34)c2O)c1. The lowest BCUT2D eigenvalue weighted by Crippen LogP contribution is -1.87. The lowest BCUT2D eigenvalue weighted by atomic mass is 10.0. The topological polar surface area (TPSA) is 68.6 Å². The van der Waals surface area contributed by atoms with Crippen molar-refractivity contribution in [2.75, 3.05) is 12.8 Å². The third-order valence-corrected chi connectivity index (χ3v) is 4.30. The number of nitrogens with two attached hydrogens (primary N) is 1. The summed E-state index contributed by atoms with van der Waals surface area (Å²) in [6.07, 6.45) is 0. The lowest BCUT2D eigenvalue weighted by Gasteiger charge is -2.05. The Balaban J connectivity index is 1.93. The first-order valence-electron chi connectivity index (χ1n) is 7.93. The minimum Gasteiger partial charge on any atom is -0.504 e. The van der Waals surface area contributed by atoms with E-state index in [4.69, 9.17) is 14.9 Å². The molecule has 0 fully saturated rings. The van der Waals surface area contributed by atoms with Crippen molar-refractivity contribution >= 4 is 16.7 Å². The van der Waals surface area contributed by atoms with Crippen LogP contribution in [0.1, 0.15) is 0 Å². The first-order valence-corrected chi connectivity index (χ1v) is 7.93. The maximum atomic E-state index is 10.8. The number of benzene rings is 3. The van der Waals surface area contributed by atoms with Crippen molar-refractivity contribution in [3.8, 4) is 33.9 Å². The number of fused-ring (bicyclic) bond motifs is 1. The van der Waals surface area contributed by atoms with Crippen LogP contribution in [0, 0.1) is 0 Å². The lowest BCUT2D eigenvalue weighted by molar-refractivity contribution is 0.415. The van der Waals surface area contributed by atoms with Crippen LogP contribution < -0.4 is 10.5 Å². The Kier molecular flexibility index (Phi) is 3.58. The highest BCUT2D eigenvalue weighted by atomic mass is 16.5. The molecule has 124 valence electrons. The van der Waals surface area contributed by atoms with Crippen LogP contribution in [0.15, 0.2) is 71.1 Å². The van der Waals surface area contributed by atoms with Gasteiger partial charge in [0.2, 0.25) is 5.88 Å². The maximum Gasteiger partial charge on any atom is 0.202 e. The van der Waals surface area contributed by atoms with Crippen LogP contribution in [-0.4, -0.2) is 12.2 Å². The summed E-state index contributed by atoms with van der Waals surface area (Å²) in [6, 6.07) is 21.2. The Morgan fingerprint density at radius 2 is 1.72 bits per heavy atom. The molecule has 25 heavy (non-hydrogen) atoms. The van der Waals surface area contributed by atoms with Gasteiger partial charge < -0.3 is 20.0 Å². The quantitative estimate of drug-likeness (QED) is 0.550. The summed E-state index contributed by atoms with van der Waals surface area (Å²) in [5.74, 6) is 1.26. The molecule has 0 bridgehead atoms. The molecule has 4 rings (SSSR count). The monoisotopic (exact) mass is 331 g/mol. The zero-order valence-electron chi connectivity index (χ0n) is 13.7. The summed E-state index contributed by atoms with van der Waals surface area (Å²) in [5, 5.41) is 12.9. The summed E-state index contributed by atoms with van der Waals surface area (Å²) in [5.41, 5.74) is 8.10. The van der Waals surface area contributed by atoms with E-state index in [0.717, 1.165) is 21.9 Å². The maximum absolute atomic E-state index is 10.8. The Labute approximate surface area is 145 Å². The zero-order chi connectivity index (χ0) is 17.4. The van der Waals surface area contributed by atoms with Gasteiger partial charge in [0.15, 0.2) is 11.5 Å². The predicted molar refractivity (Wildman–Crippen MR) is 99.7 cm³/mol. The van der Waals surface area contributed by atoms with E-state index in [-0.39, 0.29) is 11.6 Å². The van der Waals surface area contributed by atoms with Crippen LogP contribution in [0.25, 0.3) is 33.2 Å². The third kappa shape index (κ3) is 2.48. The molecule has 1 aromatic heterocycles. The molecule has 0 aliphatic carbocycles. The van der Waals surface area contributed by atoms with E-state index in [0.29, 0.717) is 17.1 Å². The Hall–Kier alpha value is -3.40. The van der Waals surface area contributed by atoms with Gasteiger partial charge >= 0.3 is 0 Å². The molecule has 0 saturated carbocycles. The van der Waals surface area contributed by atoms with Crippen LogP contribution in [0.2, 0.25) is 0 Å². The van der Waals surface area contributed by atoms with Crippen molar-refractivity contribution in [3.63, 3.8) is 0 Å². The third-order valence-electron chi connectivity index (χ3n) is 4.30. The Morgan fingerprint density at radius 3 is 2.56 bits per heavy atom. The molecule has 3 aromatic carbocycles. The van der Waals surface area contributed by atoms with E-state index < -0.39 is 0 Å². The number of ether oxygens (including phenoxy) is 1. The summed E-state index contributed by atoms with van der Waals surface area (Å²) >= 11 is 0. The Morgan fingerprint density at radius 1 is 0.960 bits per heavy atom. The van der Waals surface area contributed by atoms with Crippen LogP contribution >= 0.6 is 0 Å². The second kappa shape index (κ2) is 5.91. The van der Waals surface area contributed by atoms with Crippen LogP contribution in [0.5, 0.6) is 11.5 Å². The molecule has 0 aliphatic rings. The van der Waals surface area contributed by atoms with Crippen molar-refractivity contribution in [3.05, 3.63) is 66.7 Å². The second-order valence-corrected chi connectivity index (χ2v) is 5.78. The number of hydrogen-bond donors (Lipinski definition) is 2. The van der Waals surface area contributed by atoms with E-state index in [9.17, 15) is 5.11 Å². The van der Waals surface area contributed by atoms with Gasteiger partial charge in [0.25, 0.3) is 0 Å². The molecule has 0 radical (unpaired) electrons. The summed E-state index contributed by atoms with van der Waals surface area (Å²) < 4.78 is 11.0. The Bertz CT molecular complexity index is 1060. The number of hydrogen-bond acceptors (Lipinski definition) is 4. The highest BCUT2D eigenvalue weighted by molar-refractivity contribution is 5.99. The highest BCUT2D eigenvalue weighted by Gasteiger charge is 2.22. The molecule has 0 aliphatic heterocycles. The van der Waals surface area contributed by atoms with Gasteiger partial charge in [0, 0.05) is 5.56 Å². The smallest absolute Gasteiger partial charge is 0.202 e. The molecule has 0 atom stereocenters. The first-order chi connectivity index (χ1) is 12.2. The molecule has 4 heteroatoms. The van der Waals surface area contributed by atoms with Crippen molar-refractivity contribution in [1.29, 1.82) is 0 Å². The van der Waals surface area contributed by atoms with E-state index in [1.54, 1.807) is 7.11 Å². The molecule has 0 unspecified atom stereocenters. The van der Waals surface area contributed by atoms with Crippen LogP contribution in [-0.2, 0) is 0 Å². The normalized spacial score (nSPS) is 10.9. The van der Waals surface area contributed by atoms with Gasteiger partial charge in [-0.05, 0) is 28.5 Å². The second-order valence-electron chi connectivity index (χ2n) is 5.78. The molecule has 0 saturated heterocycles. The van der Waals surface area contributed by atoms with E-state index in [2.05, 4.69) is 0 Å². The van der Waals surface area contributed by atoms with Crippen molar-refractivity contribution in [2.24, 2.45) is 0 Å². The first kappa shape index (κ1) is 15.1. The van der Waals surface area contributed by atoms with E-state index in [1.807, 2.05) is 66.7 Å². The van der Waals surface area contributed by atoms with Crippen molar-refractivity contribution in [2.45, 2.75) is 0 Å². The van der Waals surface area contributed by atoms with E-state index >= 15 is 0 Å². The predicted octanol–water partition coefficient (Wildman–Crippen LogP) is 5.06. The molecule has 4 nitrogen and oxygen atoms in total. The average molecular weight is 331 g/mol. The molecular formula is C21H17NO3. The zero-order valence-corrected chi connectivity index (χ0v) is 13.7. The van der Waals surface area contributed by atoms with Gasteiger partial charge in [-0.15, -0.1) is 0 Å².